The third-order valence-electron chi connectivity index (χ3n) is 3.18. The van der Waals surface area contributed by atoms with E-state index in [1.54, 1.807) is 7.11 Å². The van der Waals surface area contributed by atoms with Crippen molar-refractivity contribution >= 4 is 28.7 Å². The number of halogens is 1. The fourth-order valence-corrected chi connectivity index (χ4v) is 2.78. The Bertz CT molecular complexity index is 451. The predicted molar refractivity (Wildman–Crippen MR) is 92.3 cm³/mol. The Kier molecular flexibility index (Phi) is 8.03. The van der Waals surface area contributed by atoms with Crippen LogP contribution in [0.1, 0.15) is 38.9 Å². The zero-order valence-electron chi connectivity index (χ0n) is 13.1. The minimum absolute atomic E-state index is 0.151. The van der Waals surface area contributed by atoms with E-state index in [0.717, 1.165) is 15.6 Å². The number of alkyl carbamates (subject to hydrolysis) is 1. The number of methoxy groups -OCH3 is 1. The van der Waals surface area contributed by atoms with Gasteiger partial charge in [0, 0.05) is 17.2 Å². The lowest BCUT2D eigenvalue weighted by molar-refractivity contribution is -0.0452. The van der Waals surface area contributed by atoms with Crippen LogP contribution in [0.2, 0.25) is 0 Å². The van der Waals surface area contributed by atoms with E-state index in [0.29, 0.717) is 6.54 Å². The molecule has 0 aromatic heterocycles. The van der Waals surface area contributed by atoms with Crippen molar-refractivity contribution in [3.63, 3.8) is 0 Å². The summed E-state index contributed by atoms with van der Waals surface area (Å²) in [6, 6.07) is 7.99. The molecule has 0 radical (unpaired) electrons. The van der Waals surface area contributed by atoms with Crippen LogP contribution in [0.3, 0.4) is 0 Å². The Morgan fingerprint density at radius 2 is 2.00 bits per heavy atom. The summed E-state index contributed by atoms with van der Waals surface area (Å²) >= 11 is 2.28. The Morgan fingerprint density at radius 1 is 1.33 bits per heavy atom. The molecule has 21 heavy (non-hydrogen) atoms. The molecule has 0 heterocycles. The average molecular weight is 405 g/mol. The van der Waals surface area contributed by atoms with Gasteiger partial charge in [0.2, 0.25) is 0 Å². The largest absolute Gasteiger partial charge is 0.443 e. The average Bonchev–Trinajstić information content (AvgIpc) is 2.46. The van der Waals surface area contributed by atoms with Gasteiger partial charge in [-0.2, -0.15) is 0 Å². The van der Waals surface area contributed by atoms with Gasteiger partial charge in [-0.25, -0.2) is 4.79 Å². The number of ether oxygens (including phenoxy) is 2. The van der Waals surface area contributed by atoms with Crippen molar-refractivity contribution < 1.29 is 14.3 Å². The van der Waals surface area contributed by atoms with E-state index in [2.05, 4.69) is 27.9 Å². The summed E-state index contributed by atoms with van der Waals surface area (Å²) in [6.07, 6.45) is -0.108. The Hall–Kier alpha value is -0.820. The molecule has 0 fully saturated rings. The number of rotatable bonds is 7. The van der Waals surface area contributed by atoms with Crippen molar-refractivity contribution in [1.29, 1.82) is 0 Å². The molecule has 2 atom stereocenters. The van der Waals surface area contributed by atoms with Crippen LogP contribution in [0.25, 0.3) is 0 Å². The summed E-state index contributed by atoms with van der Waals surface area (Å²) in [6.45, 7) is 6.67. The quantitative estimate of drug-likeness (QED) is 0.694. The van der Waals surface area contributed by atoms with E-state index in [4.69, 9.17) is 9.47 Å². The molecule has 1 aromatic rings. The normalized spacial score (nSPS) is 13.8. The molecule has 0 unspecified atom stereocenters. The number of nitrogens with one attached hydrogen (secondary N) is 1. The molecule has 118 valence electrons. The molecule has 1 aromatic carbocycles. The fourth-order valence-electron chi connectivity index (χ4n) is 2.08. The van der Waals surface area contributed by atoms with Crippen molar-refractivity contribution in [1.82, 2.24) is 5.32 Å². The van der Waals surface area contributed by atoms with Crippen molar-refractivity contribution in [3.8, 4) is 0 Å². The van der Waals surface area contributed by atoms with Gasteiger partial charge in [-0.05, 0) is 46.6 Å². The molecule has 0 aliphatic heterocycles. The smallest absolute Gasteiger partial charge is 0.407 e. The van der Waals surface area contributed by atoms with Crippen LogP contribution in [-0.4, -0.2) is 25.9 Å². The standard InChI is InChI=1S/C16H24INO3/c1-5-10-18-16(19)21-14(11(2)3)15(20-4)12-8-6-7-9-13(12)17/h6-9,11,14-15H,5,10H2,1-4H3,(H,18,19)/t14-,15-/m0/s1. The first-order valence-electron chi connectivity index (χ1n) is 7.22. The van der Waals surface area contributed by atoms with Gasteiger partial charge < -0.3 is 14.8 Å². The first-order valence-corrected chi connectivity index (χ1v) is 8.30. The maximum absolute atomic E-state index is 11.9. The van der Waals surface area contributed by atoms with Gasteiger partial charge in [0.05, 0.1) is 0 Å². The summed E-state index contributed by atoms with van der Waals surface area (Å²) in [7, 11) is 1.65. The highest BCUT2D eigenvalue weighted by molar-refractivity contribution is 14.1. The minimum atomic E-state index is -0.386. The van der Waals surface area contributed by atoms with E-state index >= 15 is 0 Å². The third-order valence-corrected chi connectivity index (χ3v) is 4.17. The van der Waals surface area contributed by atoms with E-state index in [-0.39, 0.29) is 24.2 Å². The lowest BCUT2D eigenvalue weighted by atomic mass is 9.96. The van der Waals surface area contributed by atoms with Crippen LogP contribution in [-0.2, 0) is 9.47 Å². The molecule has 0 spiro atoms. The van der Waals surface area contributed by atoms with Crippen LogP contribution in [0, 0.1) is 9.49 Å². The zero-order chi connectivity index (χ0) is 15.8. The van der Waals surface area contributed by atoms with Gasteiger partial charge in [0.25, 0.3) is 0 Å². The molecule has 0 saturated carbocycles. The summed E-state index contributed by atoms with van der Waals surface area (Å²) in [5, 5.41) is 2.74. The molecular weight excluding hydrogens is 381 g/mol. The highest BCUT2D eigenvalue weighted by Gasteiger charge is 2.30. The molecule has 0 aliphatic rings. The third kappa shape index (κ3) is 5.47. The maximum Gasteiger partial charge on any atom is 0.407 e. The fraction of sp³-hybridized carbons (Fsp3) is 0.562. The number of benzene rings is 1. The van der Waals surface area contributed by atoms with Gasteiger partial charge in [-0.1, -0.05) is 39.0 Å². The van der Waals surface area contributed by atoms with Crippen LogP contribution >= 0.6 is 22.6 Å². The van der Waals surface area contributed by atoms with E-state index < -0.39 is 0 Å². The molecule has 0 bridgehead atoms. The monoisotopic (exact) mass is 405 g/mol. The minimum Gasteiger partial charge on any atom is -0.443 e. The van der Waals surface area contributed by atoms with Crippen molar-refractivity contribution in [2.75, 3.05) is 13.7 Å². The molecule has 0 saturated heterocycles. The maximum atomic E-state index is 11.9. The van der Waals surface area contributed by atoms with Crippen LogP contribution in [0.5, 0.6) is 0 Å². The molecular formula is C16H24INO3. The van der Waals surface area contributed by atoms with Gasteiger partial charge in [0.15, 0.2) is 0 Å². The zero-order valence-corrected chi connectivity index (χ0v) is 15.2. The number of amides is 1. The number of carbonyl (C=O) groups excluding carboxylic acids is 1. The summed E-state index contributed by atoms with van der Waals surface area (Å²) in [4.78, 5) is 11.9. The molecule has 1 N–H and O–H groups in total. The molecule has 4 nitrogen and oxygen atoms in total. The summed E-state index contributed by atoms with van der Waals surface area (Å²) in [5.41, 5.74) is 1.04. The van der Waals surface area contributed by atoms with E-state index in [1.165, 1.54) is 0 Å². The number of carbonyl (C=O) groups is 1. The van der Waals surface area contributed by atoms with Gasteiger partial charge >= 0.3 is 6.09 Å². The Morgan fingerprint density at radius 3 is 2.52 bits per heavy atom. The van der Waals surface area contributed by atoms with Crippen LogP contribution in [0.15, 0.2) is 24.3 Å². The predicted octanol–water partition coefficient (Wildman–Crippen LogP) is 4.14. The molecule has 0 aliphatic carbocycles. The van der Waals surface area contributed by atoms with E-state index in [1.807, 2.05) is 45.0 Å². The van der Waals surface area contributed by atoms with Crippen molar-refractivity contribution in [2.45, 2.75) is 39.4 Å². The second kappa shape index (κ2) is 9.25. The lowest BCUT2D eigenvalue weighted by Gasteiger charge is -2.29. The molecule has 5 heteroatoms. The van der Waals surface area contributed by atoms with E-state index in [9.17, 15) is 4.79 Å². The SMILES string of the molecule is CCCNC(=O)O[C@@H](C(C)C)[C@@H](OC)c1ccccc1I. The second-order valence-electron chi connectivity index (χ2n) is 5.22. The van der Waals surface area contributed by atoms with Gasteiger partial charge in [0.1, 0.15) is 12.2 Å². The topological polar surface area (TPSA) is 47.6 Å². The first kappa shape index (κ1) is 18.2. The first-order chi connectivity index (χ1) is 10.0. The van der Waals surface area contributed by atoms with Crippen LogP contribution < -0.4 is 5.32 Å². The van der Waals surface area contributed by atoms with Crippen LogP contribution in [0.4, 0.5) is 4.79 Å². The molecule has 1 rings (SSSR count). The number of hydrogen-bond donors (Lipinski definition) is 1. The van der Waals surface area contributed by atoms with Gasteiger partial charge in [-0.15, -0.1) is 0 Å². The van der Waals surface area contributed by atoms with Gasteiger partial charge in [-0.3, -0.25) is 0 Å². The van der Waals surface area contributed by atoms with Crippen molar-refractivity contribution in [2.24, 2.45) is 5.92 Å². The summed E-state index contributed by atoms with van der Waals surface area (Å²) in [5.74, 6) is 0.151. The van der Waals surface area contributed by atoms with Crippen molar-refractivity contribution in [3.05, 3.63) is 33.4 Å². The highest BCUT2D eigenvalue weighted by atomic mass is 127. The highest BCUT2D eigenvalue weighted by Crippen LogP contribution is 2.30. The molecule has 1 amide bonds. The summed E-state index contributed by atoms with van der Waals surface area (Å²) < 4.78 is 12.3. The number of hydrogen-bond acceptors (Lipinski definition) is 3. The second-order valence-corrected chi connectivity index (χ2v) is 6.38. The Balaban J connectivity index is 2.91. The lowest BCUT2D eigenvalue weighted by Crippen LogP contribution is -2.36. The Labute approximate surface area is 140 Å².